The summed E-state index contributed by atoms with van der Waals surface area (Å²) in [5.41, 5.74) is -0.0748. The molecule has 1 N–H and O–H groups in total. The second-order valence-corrected chi connectivity index (χ2v) is 4.78. The highest BCUT2D eigenvalue weighted by atomic mass is 16.5. The van der Waals surface area contributed by atoms with Gasteiger partial charge < -0.3 is 14.7 Å². The maximum atomic E-state index is 5.46. The molecule has 0 amide bonds. The molecule has 1 saturated heterocycles. The molecule has 5 heteroatoms. The lowest BCUT2D eigenvalue weighted by Crippen LogP contribution is -2.37. The van der Waals surface area contributed by atoms with Crippen LogP contribution in [-0.2, 0) is 5.54 Å². The minimum absolute atomic E-state index is 0.0748. The molecule has 1 aliphatic heterocycles. The predicted molar refractivity (Wildman–Crippen MR) is 67.1 cm³/mol. The summed E-state index contributed by atoms with van der Waals surface area (Å²) in [7, 11) is 1.98. The van der Waals surface area contributed by atoms with Crippen molar-refractivity contribution >= 4 is 5.95 Å². The number of rotatable bonds is 5. The van der Waals surface area contributed by atoms with Crippen LogP contribution in [-0.4, -0.2) is 30.3 Å². The zero-order valence-corrected chi connectivity index (χ0v) is 11.0. The zero-order valence-electron chi connectivity index (χ0n) is 11.0. The minimum Gasteiger partial charge on any atom is -0.342 e. The molecule has 5 nitrogen and oxygen atoms in total. The Hall–Kier alpha value is -1.10. The molecule has 1 atom stereocenters. The molecule has 0 aromatic carbocycles. The molecule has 0 radical (unpaired) electrons. The number of hydrogen-bond acceptors (Lipinski definition) is 5. The van der Waals surface area contributed by atoms with E-state index in [0.29, 0.717) is 5.95 Å². The number of nitrogens with one attached hydrogen (secondary N) is 1. The van der Waals surface area contributed by atoms with E-state index in [2.05, 4.69) is 29.3 Å². The summed E-state index contributed by atoms with van der Waals surface area (Å²) in [5.74, 6) is 1.44. The monoisotopic (exact) mass is 238 g/mol. The van der Waals surface area contributed by atoms with Gasteiger partial charge in [0.25, 0.3) is 5.95 Å². The maximum Gasteiger partial charge on any atom is 0.265 e. The molecule has 2 rings (SSSR count). The molecule has 0 spiro atoms. The zero-order chi connectivity index (χ0) is 12.3. The van der Waals surface area contributed by atoms with E-state index in [1.54, 1.807) is 0 Å². The van der Waals surface area contributed by atoms with Gasteiger partial charge in [-0.2, -0.15) is 4.98 Å². The van der Waals surface area contributed by atoms with Crippen molar-refractivity contribution in [2.24, 2.45) is 0 Å². The van der Waals surface area contributed by atoms with Gasteiger partial charge in [0, 0.05) is 13.6 Å². The van der Waals surface area contributed by atoms with Crippen LogP contribution in [0.25, 0.3) is 0 Å². The van der Waals surface area contributed by atoms with E-state index >= 15 is 0 Å². The summed E-state index contributed by atoms with van der Waals surface area (Å²) in [6.45, 7) is 6.19. The molecule has 1 unspecified atom stereocenters. The first-order valence-electron chi connectivity index (χ1n) is 6.52. The molecule has 96 valence electrons. The van der Waals surface area contributed by atoms with E-state index < -0.39 is 0 Å². The van der Waals surface area contributed by atoms with Gasteiger partial charge in [-0.1, -0.05) is 13.3 Å². The second-order valence-electron chi connectivity index (χ2n) is 4.78. The Morgan fingerprint density at radius 2 is 2.29 bits per heavy atom. The lowest BCUT2D eigenvalue weighted by atomic mass is 9.92. The maximum absolute atomic E-state index is 5.46. The molecule has 0 aliphatic carbocycles. The van der Waals surface area contributed by atoms with Crippen molar-refractivity contribution in [2.75, 3.05) is 25.0 Å². The summed E-state index contributed by atoms with van der Waals surface area (Å²) >= 11 is 0. The number of hydrogen-bond donors (Lipinski definition) is 1. The third-order valence-corrected chi connectivity index (χ3v) is 3.56. The number of nitrogens with zero attached hydrogens (tertiary/aromatic N) is 3. The van der Waals surface area contributed by atoms with Crippen molar-refractivity contribution in [1.29, 1.82) is 0 Å². The first kappa shape index (κ1) is 12.4. The van der Waals surface area contributed by atoms with Crippen LogP contribution < -0.4 is 10.2 Å². The average molecular weight is 238 g/mol. The second kappa shape index (κ2) is 5.04. The van der Waals surface area contributed by atoms with Crippen LogP contribution in [0.2, 0.25) is 0 Å². The van der Waals surface area contributed by atoms with Crippen molar-refractivity contribution in [2.45, 2.75) is 45.1 Å². The van der Waals surface area contributed by atoms with Gasteiger partial charge in [-0.05, 0) is 37.9 Å². The Morgan fingerprint density at radius 1 is 1.47 bits per heavy atom. The van der Waals surface area contributed by atoms with Crippen LogP contribution in [0.5, 0.6) is 0 Å². The fourth-order valence-electron chi connectivity index (χ4n) is 2.44. The molecule has 1 fully saturated rings. The quantitative estimate of drug-likeness (QED) is 0.849. The Morgan fingerprint density at radius 3 is 2.88 bits per heavy atom. The summed E-state index contributed by atoms with van der Waals surface area (Å²) in [6, 6.07) is 0. The van der Waals surface area contributed by atoms with Gasteiger partial charge in [0.05, 0.1) is 5.54 Å². The predicted octanol–water partition coefficient (Wildman–Crippen LogP) is 1.90. The van der Waals surface area contributed by atoms with Crippen molar-refractivity contribution in [3.05, 3.63) is 5.89 Å². The van der Waals surface area contributed by atoms with E-state index in [-0.39, 0.29) is 5.54 Å². The van der Waals surface area contributed by atoms with Gasteiger partial charge in [-0.15, -0.1) is 0 Å². The summed E-state index contributed by atoms with van der Waals surface area (Å²) < 4.78 is 5.46. The van der Waals surface area contributed by atoms with Crippen LogP contribution >= 0.6 is 0 Å². The Kier molecular flexibility index (Phi) is 3.66. The Balaban J connectivity index is 2.22. The van der Waals surface area contributed by atoms with Crippen molar-refractivity contribution < 1.29 is 4.52 Å². The van der Waals surface area contributed by atoms with Crippen LogP contribution in [0.4, 0.5) is 5.95 Å². The third-order valence-electron chi connectivity index (χ3n) is 3.56. The molecular formula is C12H22N4O. The van der Waals surface area contributed by atoms with Crippen LogP contribution in [0.15, 0.2) is 4.52 Å². The first-order chi connectivity index (χ1) is 8.22. The summed E-state index contributed by atoms with van der Waals surface area (Å²) in [6.07, 6.45) is 4.46. The van der Waals surface area contributed by atoms with E-state index in [0.717, 1.165) is 38.2 Å². The summed E-state index contributed by atoms with van der Waals surface area (Å²) in [5, 5.41) is 7.60. The fourth-order valence-corrected chi connectivity index (χ4v) is 2.44. The van der Waals surface area contributed by atoms with Crippen LogP contribution in [0.3, 0.4) is 0 Å². The minimum atomic E-state index is -0.0748. The molecule has 0 saturated carbocycles. The normalized spacial score (nSPS) is 24.2. The molecule has 0 bridgehead atoms. The topological polar surface area (TPSA) is 54.2 Å². The average Bonchev–Trinajstić information content (AvgIpc) is 2.97. The van der Waals surface area contributed by atoms with Gasteiger partial charge in [0.2, 0.25) is 5.89 Å². The molecule has 17 heavy (non-hydrogen) atoms. The van der Waals surface area contributed by atoms with Gasteiger partial charge in [-0.3, -0.25) is 0 Å². The Labute approximate surface area is 103 Å². The molecular weight excluding hydrogens is 216 g/mol. The highest BCUT2D eigenvalue weighted by molar-refractivity contribution is 5.26. The number of aromatic nitrogens is 2. The van der Waals surface area contributed by atoms with Crippen molar-refractivity contribution in [3.63, 3.8) is 0 Å². The van der Waals surface area contributed by atoms with Crippen molar-refractivity contribution in [3.8, 4) is 0 Å². The fraction of sp³-hybridized carbons (Fsp3) is 0.833. The lowest BCUT2D eigenvalue weighted by Gasteiger charge is -2.24. The highest BCUT2D eigenvalue weighted by Gasteiger charge is 2.39. The van der Waals surface area contributed by atoms with Gasteiger partial charge in [0.15, 0.2) is 0 Å². The first-order valence-corrected chi connectivity index (χ1v) is 6.52. The molecule has 2 heterocycles. The standard InChI is InChI=1S/C12H22N4O/c1-4-7-12(8-6-9-13-12)10-14-11(15-17-10)16(3)5-2/h13H,4-9H2,1-3H3. The van der Waals surface area contributed by atoms with E-state index in [9.17, 15) is 0 Å². The van der Waals surface area contributed by atoms with Gasteiger partial charge in [0.1, 0.15) is 0 Å². The van der Waals surface area contributed by atoms with E-state index in [1.807, 2.05) is 11.9 Å². The summed E-state index contributed by atoms with van der Waals surface area (Å²) in [4.78, 5) is 6.53. The largest absolute Gasteiger partial charge is 0.342 e. The van der Waals surface area contributed by atoms with E-state index in [4.69, 9.17) is 4.52 Å². The van der Waals surface area contributed by atoms with E-state index in [1.165, 1.54) is 6.42 Å². The Bertz CT molecular complexity index is 357. The highest BCUT2D eigenvalue weighted by Crippen LogP contribution is 2.34. The molecule has 1 aromatic rings. The SMILES string of the molecule is CCCC1(c2nc(N(C)CC)no2)CCCN1. The van der Waals surface area contributed by atoms with Crippen molar-refractivity contribution in [1.82, 2.24) is 15.5 Å². The smallest absolute Gasteiger partial charge is 0.265 e. The van der Waals surface area contributed by atoms with Crippen LogP contribution in [0.1, 0.15) is 45.4 Å². The lowest BCUT2D eigenvalue weighted by molar-refractivity contribution is 0.241. The van der Waals surface area contributed by atoms with Crippen LogP contribution in [0, 0.1) is 0 Å². The molecule has 1 aromatic heterocycles. The number of anilines is 1. The van der Waals surface area contributed by atoms with Gasteiger partial charge in [-0.25, -0.2) is 0 Å². The molecule has 1 aliphatic rings. The van der Waals surface area contributed by atoms with Gasteiger partial charge >= 0.3 is 0 Å². The third kappa shape index (κ3) is 2.29.